The Kier molecular flexibility index (Phi) is 3.91. The normalized spacial score (nSPS) is 33.9. The van der Waals surface area contributed by atoms with Crippen LogP contribution >= 0.6 is 0 Å². The molecular weight excluding hydrogens is 198 g/mol. The lowest BCUT2D eigenvalue weighted by atomic mass is 9.66. The lowest BCUT2D eigenvalue weighted by Gasteiger charge is -2.58. The van der Waals surface area contributed by atoms with E-state index >= 15 is 0 Å². The molecule has 2 fully saturated rings. The standard InChI is InChI=1S/C14H27NO/c1-4-6-12-8-9-15(3)14(10-16-11-14)13(12)7-5-2/h12-13H,4-11H2,1-3H3. The van der Waals surface area contributed by atoms with E-state index in [0.717, 1.165) is 25.0 Å². The highest BCUT2D eigenvalue weighted by Gasteiger charge is 2.52. The second-order valence-corrected chi connectivity index (χ2v) is 5.75. The molecule has 0 bridgehead atoms. The van der Waals surface area contributed by atoms with Gasteiger partial charge in [0.05, 0.1) is 18.8 Å². The zero-order chi connectivity index (χ0) is 11.6. The van der Waals surface area contributed by atoms with Crippen LogP contribution in [0.3, 0.4) is 0 Å². The first-order chi connectivity index (χ1) is 7.74. The summed E-state index contributed by atoms with van der Waals surface area (Å²) in [5.41, 5.74) is 0.411. The third-order valence-corrected chi connectivity index (χ3v) is 4.82. The Morgan fingerprint density at radius 2 is 1.88 bits per heavy atom. The van der Waals surface area contributed by atoms with E-state index in [2.05, 4.69) is 25.8 Å². The quantitative estimate of drug-likeness (QED) is 0.729. The molecule has 0 aliphatic carbocycles. The van der Waals surface area contributed by atoms with Gasteiger partial charge in [-0.25, -0.2) is 0 Å². The Morgan fingerprint density at radius 3 is 2.38 bits per heavy atom. The second kappa shape index (κ2) is 5.05. The first-order valence-electron chi connectivity index (χ1n) is 7.03. The fraction of sp³-hybridized carbons (Fsp3) is 1.00. The minimum Gasteiger partial charge on any atom is -0.377 e. The van der Waals surface area contributed by atoms with Crippen LogP contribution < -0.4 is 0 Å². The highest BCUT2D eigenvalue weighted by atomic mass is 16.5. The van der Waals surface area contributed by atoms with Crippen molar-refractivity contribution >= 4 is 0 Å². The summed E-state index contributed by atoms with van der Waals surface area (Å²) in [6, 6.07) is 0. The van der Waals surface area contributed by atoms with Gasteiger partial charge in [0.15, 0.2) is 0 Å². The first kappa shape index (κ1) is 12.4. The Labute approximate surface area is 100 Å². The van der Waals surface area contributed by atoms with Gasteiger partial charge < -0.3 is 4.74 Å². The van der Waals surface area contributed by atoms with Crippen molar-refractivity contribution in [3.8, 4) is 0 Å². The van der Waals surface area contributed by atoms with E-state index in [9.17, 15) is 0 Å². The number of ether oxygens (including phenoxy) is 1. The maximum atomic E-state index is 5.55. The minimum absolute atomic E-state index is 0.411. The van der Waals surface area contributed by atoms with Gasteiger partial charge in [0.1, 0.15) is 0 Å². The van der Waals surface area contributed by atoms with Crippen molar-refractivity contribution in [2.45, 2.75) is 51.5 Å². The van der Waals surface area contributed by atoms with E-state index in [1.54, 1.807) is 0 Å². The van der Waals surface area contributed by atoms with Crippen LogP contribution in [-0.4, -0.2) is 37.2 Å². The molecule has 0 saturated carbocycles. The van der Waals surface area contributed by atoms with Gasteiger partial charge in [0.2, 0.25) is 0 Å². The molecule has 2 heterocycles. The molecule has 0 amide bonds. The maximum Gasteiger partial charge on any atom is 0.0707 e. The van der Waals surface area contributed by atoms with E-state index in [0.29, 0.717) is 5.54 Å². The minimum atomic E-state index is 0.411. The average molecular weight is 225 g/mol. The van der Waals surface area contributed by atoms with Crippen molar-refractivity contribution in [2.75, 3.05) is 26.8 Å². The maximum absolute atomic E-state index is 5.55. The molecular formula is C14H27NO. The van der Waals surface area contributed by atoms with Crippen molar-refractivity contribution in [1.82, 2.24) is 4.90 Å². The molecule has 0 aromatic heterocycles. The molecule has 2 rings (SSSR count). The largest absolute Gasteiger partial charge is 0.377 e. The van der Waals surface area contributed by atoms with Crippen molar-refractivity contribution < 1.29 is 4.74 Å². The summed E-state index contributed by atoms with van der Waals surface area (Å²) in [4.78, 5) is 2.59. The van der Waals surface area contributed by atoms with Gasteiger partial charge in [0, 0.05) is 0 Å². The van der Waals surface area contributed by atoms with Crippen molar-refractivity contribution in [3.05, 3.63) is 0 Å². The number of hydrogen-bond donors (Lipinski definition) is 0. The highest BCUT2D eigenvalue weighted by molar-refractivity contribution is 5.05. The fourth-order valence-corrected chi connectivity index (χ4v) is 3.78. The van der Waals surface area contributed by atoms with Gasteiger partial charge in [0.25, 0.3) is 0 Å². The third-order valence-electron chi connectivity index (χ3n) is 4.82. The molecule has 0 aromatic carbocycles. The molecule has 2 aliphatic rings. The van der Waals surface area contributed by atoms with Crippen LogP contribution in [0.25, 0.3) is 0 Å². The van der Waals surface area contributed by atoms with Crippen LogP contribution in [0.15, 0.2) is 0 Å². The predicted molar refractivity (Wildman–Crippen MR) is 67.6 cm³/mol. The molecule has 2 atom stereocenters. The monoisotopic (exact) mass is 225 g/mol. The lowest BCUT2D eigenvalue weighted by Crippen LogP contribution is -2.69. The summed E-state index contributed by atoms with van der Waals surface area (Å²) < 4.78 is 5.55. The summed E-state index contributed by atoms with van der Waals surface area (Å²) in [6.07, 6.45) is 6.86. The summed E-state index contributed by atoms with van der Waals surface area (Å²) in [5.74, 6) is 1.83. The SMILES string of the molecule is CCCC1CCN(C)C2(COC2)C1CCC. The lowest BCUT2D eigenvalue weighted by molar-refractivity contribution is -0.192. The average Bonchev–Trinajstić information content (AvgIpc) is 2.21. The van der Waals surface area contributed by atoms with E-state index in [4.69, 9.17) is 4.74 Å². The van der Waals surface area contributed by atoms with Crippen LogP contribution in [0.4, 0.5) is 0 Å². The van der Waals surface area contributed by atoms with Crippen LogP contribution in [0.1, 0.15) is 46.0 Å². The third kappa shape index (κ3) is 1.91. The second-order valence-electron chi connectivity index (χ2n) is 5.75. The van der Waals surface area contributed by atoms with Gasteiger partial charge in [-0.3, -0.25) is 4.90 Å². The number of piperidine rings is 1. The zero-order valence-corrected chi connectivity index (χ0v) is 11.2. The van der Waals surface area contributed by atoms with E-state index < -0.39 is 0 Å². The summed E-state index contributed by atoms with van der Waals surface area (Å²) >= 11 is 0. The molecule has 2 aliphatic heterocycles. The number of hydrogen-bond acceptors (Lipinski definition) is 2. The van der Waals surface area contributed by atoms with Gasteiger partial charge in [-0.2, -0.15) is 0 Å². The van der Waals surface area contributed by atoms with Gasteiger partial charge in [-0.1, -0.05) is 33.1 Å². The predicted octanol–water partition coefficient (Wildman–Crippen LogP) is 2.92. The topological polar surface area (TPSA) is 12.5 Å². The molecule has 2 unspecified atom stereocenters. The van der Waals surface area contributed by atoms with Crippen molar-refractivity contribution in [3.63, 3.8) is 0 Å². The molecule has 2 heteroatoms. The van der Waals surface area contributed by atoms with Crippen molar-refractivity contribution in [1.29, 1.82) is 0 Å². The number of likely N-dealkylation sites (N-methyl/N-ethyl adjacent to an activating group) is 1. The molecule has 2 nitrogen and oxygen atoms in total. The van der Waals surface area contributed by atoms with Gasteiger partial charge in [-0.05, 0) is 38.3 Å². The van der Waals surface area contributed by atoms with Gasteiger partial charge >= 0.3 is 0 Å². The number of likely N-dealkylation sites (tertiary alicyclic amines) is 1. The van der Waals surface area contributed by atoms with E-state index in [1.165, 1.54) is 38.6 Å². The van der Waals surface area contributed by atoms with E-state index in [1.807, 2.05) is 0 Å². The highest BCUT2D eigenvalue weighted by Crippen LogP contribution is 2.45. The number of nitrogens with zero attached hydrogens (tertiary/aromatic N) is 1. The van der Waals surface area contributed by atoms with Crippen LogP contribution in [0.5, 0.6) is 0 Å². The Morgan fingerprint density at radius 1 is 1.19 bits per heavy atom. The fourth-order valence-electron chi connectivity index (χ4n) is 3.78. The molecule has 0 radical (unpaired) electrons. The molecule has 0 aromatic rings. The summed E-state index contributed by atoms with van der Waals surface area (Å²) in [5, 5.41) is 0. The van der Waals surface area contributed by atoms with E-state index in [-0.39, 0.29) is 0 Å². The molecule has 1 spiro atoms. The zero-order valence-electron chi connectivity index (χ0n) is 11.2. The first-order valence-corrected chi connectivity index (χ1v) is 7.03. The van der Waals surface area contributed by atoms with Crippen LogP contribution in [0, 0.1) is 11.8 Å². The summed E-state index contributed by atoms with van der Waals surface area (Å²) in [7, 11) is 2.30. The molecule has 0 N–H and O–H groups in total. The van der Waals surface area contributed by atoms with Crippen molar-refractivity contribution in [2.24, 2.45) is 11.8 Å². The Balaban J connectivity index is 2.11. The Bertz CT molecular complexity index is 225. The smallest absolute Gasteiger partial charge is 0.0707 e. The molecule has 94 valence electrons. The molecule has 2 saturated heterocycles. The Hall–Kier alpha value is -0.0800. The summed E-state index contributed by atoms with van der Waals surface area (Å²) in [6.45, 7) is 7.88. The van der Waals surface area contributed by atoms with Gasteiger partial charge in [-0.15, -0.1) is 0 Å². The number of rotatable bonds is 4. The van der Waals surface area contributed by atoms with Crippen LogP contribution in [-0.2, 0) is 4.74 Å². The van der Waals surface area contributed by atoms with Crippen LogP contribution in [0.2, 0.25) is 0 Å². The molecule has 16 heavy (non-hydrogen) atoms.